The number of allylic oxidation sites excluding steroid dienone is 2. The number of aldehydes is 1. The Balaban J connectivity index is 1.77. The Hall–Kier alpha value is -4.59. The van der Waals surface area contributed by atoms with Crippen molar-refractivity contribution >= 4 is 47.9 Å². The molecule has 8 nitrogen and oxygen atoms in total. The maximum absolute atomic E-state index is 13.6. The third-order valence-corrected chi connectivity index (χ3v) is 9.01. The molecule has 3 aromatic rings. The summed E-state index contributed by atoms with van der Waals surface area (Å²) in [7, 11) is 0. The molecule has 3 atom stereocenters. The molecule has 0 aromatic carbocycles. The zero-order valence-corrected chi connectivity index (χ0v) is 23.2. The lowest BCUT2D eigenvalue weighted by Crippen LogP contribution is -2.23. The van der Waals surface area contributed by atoms with Crippen LogP contribution in [0.5, 0.6) is 0 Å². The minimum atomic E-state index is -1.28. The van der Waals surface area contributed by atoms with Crippen LogP contribution in [0.25, 0.3) is 29.9 Å². The summed E-state index contributed by atoms with van der Waals surface area (Å²) >= 11 is 0. The lowest BCUT2D eigenvalue weighted by molar-refractivity contribution is -0.138. The van der Waals surface area contributed by atoms with Gasteiger partial charge in [-0.15, -0.1) is 0 Å². The average Bonchev–Trinajstić information content (AvgIpc) is 3.65. The number of H-pyrrole nitrogens is 3. The molecule has 1 fully saturated rings. The molecule has 5 N–H and O–H groups in total. The molecule has 0 unspecified atom stereocenters. The fourth-order valence-electron chi connectivity index (χ4n) is 6.72. The Morgan fingerprint density at radius 1 is 0.975 bits per heavy atom. The molecule has 1 aliphatic carbocycles. The number of nitrogens with one attached hydrogen (secondary N) is 4. The number of hydrogen-bond donors (Lipinski definition) is 5. The first-order chi connectivity index (χ1) is 19.1. The molecule has 0 saturated carbocycles. The summed E-state index contributed by atoms with van der Waals surface area (Å²) in [6.07, 6.45) is 9.30. The second-order valence-corrected chi connectivity index (χ2v) is 11.0. The summed E-state index contributed by atoms with van der Waals surface area (Å²) < 4.78 is 0. The third kappa shape index (κ3) is 3.41. The molecule has 40 heavy (non-hydrogen) atoms. The molecule has 0 radical (unpaired) electrons. The predicted octanol–water partition coefficient (Wildman–Crippen LogP) is 3.94. The number of aromatic nitrogens is 3. The second-order valence-electron chi connectivity index (χ2n) is 11.0. The van der Waals surface area contributed by atoms with E-state index in [0.29, 0.717) is 39.0 Å². The zero-order chi connectivity index (χ0) is 28.6. The van der Waals surface area contributed by atoms with E-state index in [9.17, 15) is 19.5 Å². The third-order valence-electron chi connectivity index (χ3n) is 9.01. The van der Waals surface area contributed by atoms with Crippen molar-refractivity contribution in [2.24, 2.45) is 17.8 Å². The first-order valence-corrected chi connectivity index (χ1v) is 13.6. The van der Waals surface area contributed by atoms with Gasteiger partial charge in [-0.2, -0.15) is 0 Å². The molecular formula is C32H32N4O4. The van der Waals surface area contributed by atoms with Gasteiger partial charge in [0.05, 0.1) is 11.0 Å². The van der Waals surface area contributed by atoms with Gasteiger partial charge in [0.2, 0.25) is 0 Å². The van der Waals surface area contributed by atoms with Gasteiger partial charge in [-0.25, -0.2) is 0 Å². The highest BCUT2D eigenvalue weighted by Crippen LogP contribution is 2.47. The fraction of sp³-hybridized carbons (Fsp3) is 0.281. The zero-order valence-electron chi connectivity index (χ0n) is 23.2. The fourth-order valence-corrected chi connectivity index (χ4v) is 6.72. The largest absolute Gasteiger partial charge is 0.480 e. The van der Waals surface area contributed by atoms with Crippen molar-refractivity contribution in [2.75, 3.05) is 0 Å². The van der Waals surface area contributed by atoms with Crippen molar-refractivity contribution in [3.05, 3.63) is 84.8 Å². The normalized spacial score (nSPS) is 25.9. The second kappa shape index (κ2) is 8.98. The van der Waals surface area contributed by atoms with Crippen LogP contribution in [0.4, 0.5) is 0 Å². The number of fused-ring (bicyclic) bond motifs is 7. The highest BCUT2D eigenvalue weighted by molar-refractivity contribution is 6.24. The highest BCUT2D eigenvalue weighted by atomic mass is 16.4. The SMILES string of the molecule is C=Cc1c2[nH]c(c1C)/C=C1\N/C(=C3\c4[nH]c(c(C)c4C(=O)[C@@H]3C(=O)O)/C=c3\[nH]/c(c(C=O)c3C)=C\2)[C@@H](CC)[C@@H]1C. The molecule has 8 heteroatoms. The van der Waals surface area contributed by atoms with Gasteiger partial charge < -0.3 is 25.4 Å². The Morgan fingerprint density at radius 2 is 1.68 bits per heavy atom. The van der Waals surface area contributed by atoms with Gasteiger partial charge in [-0.05, 0) is 62.1 Å². The van der Waals surface area contributed by atoms with Crippen LogP contribution in [0, 0.1) is 38.5 Å². The van der Waals surface area contributed by atoms with Gasteiger partial charge in [0.15, 0.2) is 12.1 Å². The number of ketones is 1. The summed E-state index contributed by atoms with van der Waals surface area (Å²) in [5.41, 5.74) is 9.56. The first-order valence-electron chi connectivity index (χ1n) is 13.6. The van der Waals surface area contributed by atoms with Crippen molar-refractivity contribution in [3.8, 4) is 0 Å². The van der Waals surface area contributed by atoms with E-state index in [1.54, 1.807) is 6.08 Å². The minimum Gasteiger partial charge on any atom is -0.480 e. The van der Waals surface area contributed by atoms with Crippen LogP contribution in [-0.4, -0.2) is 38.1 Å². The Bertz CT molecular complexity index is 1860. The van der Waals surface area contributed by atoms with Crippen LogP contribution in [0.2, 0.25) is 0 Å². The van der Waals surface area contributed by atoms with Crippen molar-refractivity contribution < 1.29 is 19.5 Å². The van der Waals surface area contributed by atoms with Crippen molar-refractivity contribution in [3.63, 3.8) is 0 Å². The topological polar surface area (TPSA) is 131 Å². The molecule has 204 valence electrons. The van der Waals surface area contributed by atoms with Gasteiger partial charge in [-0.1, -0.05) is 26.5 Å². The maximum Gasteiger partial charge on any atom is 0.319 e. The number of Topliss-reactive ketones (excluding diaryl/α,β-unsaturated/α-hetero) is 1. The lowest BCUT2D eigenvalue weighted by atomic mass is 9.86. The predicted molar refractivity (Wildman–Crippen MR) is 155 cm³/mol. The molecule has 3 aliphatic rings. The molecular weight excluding hydrogens is 504 g/mol. The van der Waals surface area contributed by atoms with Gasteiger partial charge in [0.25, 0.3) is 0 Å². The summed E-state index contributed by atoms with van der Waals surface area (Å²) in [5, 5.41) is 15.2. The van der Waals surface area contributed by atoms with Crippen LogP contribution in [0.3, 0.4) is 0 Å². The number of carboxylic acids is 1. The summed E-state index contributed by atoms with van der Waals surface area (Å²) in [6.45, 7) is 14.0. The maximum atomic E-state index is 13.6. The van der Waals surface area contributed by atoms with E-state index < -0.39 is 17.7 Å². The van der Waals surface area contributed by atoms with Crippen molar-refractivity contribution in [1.82, 2.24) is 20.3 Å². The monoisotopic (exact) mass is 536 g/mol. The molecule has 5 heterocycles. The van der Waals surface area contributed by atoms with Crippen molar-refractivity contribution in [2.45, 2.75) is 41.0 Å². The van der Waals surface area contributed by atoms with E-state index in [1.807, 2.05) is 32.9 Å². The standard InChI is InChI=1S/C32H32N4O4/c1-7-17-13(3)20-9-22-14(4)18(8-2)29(35-22)27-28(32(39)40)31(38)26-16(6)23(36-30(26)27)10-21-15(5)19(12-37)25(34-21)11-24(17)33-20/h7,9-12,14,18,28,33-36H,1,8H2,2-6H3,(H,39,40)/b21-10-,22-9-,25-11-,29-27-/t14-,18-,28+/m0/s1. The molecule has 0 amide bonds. The average molecular weight is 537 g/mol. The lowest BCUT2D eigenvalue weighted by Gasteiger charge is -2.17. The van der Waals surface area contributed by atoms with Gasteiger partial charge in [0.1, 0.15) is 5.92 Å². The van der Waals surface area contributed by atoms with E-state index in [0.717, 1.165) is 57.5 Å². The quantitative estimate of drug-likeness (QED) is 0.255. The minimum absolute atomic E-state index is 0.0108. The molecule has 2 aliphatic heterocycles. The highest BCUT2D eigenvalue weighted by Gasteiger charge is 2.47. The van der Waals surface area contributed by atoms with Crippen molar-refractivity contribution in [1.29, 1.82) is 0 Å². The Kier molecular flexibility index (Phi) is 5.76. The van der Waals surface area contributed by atoms with Gasteiger partial charge in [-0.3, -0.25) is 14.4 Å². The molecule has 0 spiro atoms. The summed E-state index contributed by atoms with van der Waals surface area (Å²) in [5.74, 6) is -2.77. The van der Waals surface area contributed by atoms with Crippen LogP contribution in [0.1, 0.15) is 86.0 Å². The summed E-state index contributed by atoms with van der Waals surface area (Å²) in [4.78, 5) is 48.6. The smallest absolute Gasteiger partial charge is 0.319 e. The number of hydrogen-bond acceptors (Lipinski definition) is 4. The molecule has 1 saturated heterocycles. The van der Waals surface area contributed by atoms with E-state index in [1.165, 1.54) is 0 Å². The number of carboxylic acid groups (broad SMARTS) is 1. The molecule has 6 rings (SSSR count). The Labute approximate surface area is 231 Å². The summed E-state index contributed by atoms with van der Waals surface area (Å²) in [6, 6.07) is 0. The van der Waals surface area contributed by atoms with Gasteiger partial charge in [0, 0.05) is 67.9 Å². The van der Waals surface area contributed by atoms with Crippen LogP contribution in [0.15, 0.2) is 18.0 Å². The Morgan fingerprint density at radius 3 is 2.33 bits per heavy atom. The number of aliphatic carboxylic acids is 1. The molecule has 8 bridgehead atoms. The first kappa shape index (κ1) is 25.7. The van der Waals surface area contributed by atoms with Gasteiger partial charge >= 0.3 is 5.97 Å². The number of rotatable bonds is 4. The van der Waals surface area contributed by atoms with E-state index in [2.05, 4.69) is 46.8 Å². The number of carbonyl (C=O) groups excluding carboxylic acids is 2. The van der Waals surface area contributed by atoms with E-state index in [4.69, 9.17) is 0 Å². The number of carbonyl (C=O) groups is 3. The number of aromatic amines is 3. The molecule has 3 aromatic heterocycles. The van der Waals surface area contributed by atoms with Crippen LogP contribution in [-0.2, 0) is 4.79 Å². The van der Waals surface area contributed by atoms with E-state index >= 15 is 0 Å². The van der Waals surface area contributed by atoms with Crippen LogP contribution < -0.4 is 16.0 Å². The van der Waals surface area contributed by atoms with E-state index in [-0.39, 0.29) is 11.8 Å². The van der Waals surface area contributed by atoms with Crippen LogP contribution >= 0.6 is 0 Å².